The molecule has 92 valence electrons. The van der Waals surface area contributed by atoms with E-state index in [-0.39, 0.29) is 17.3 Å². The van der Waals surface area contributed by atoms with Gasteiger partial charge in [-0.2, -0.15) is 0 Å². The molecule has 17 heavy (non-hydrogen) atoms. The Morgan fingerprint density at radius 3 is 1.76 bits per heavy atom. The Morgan fingerprint density at radius 2 is 1.47 bits per heavy atom. The molecule has 0 N–H and O–H groups in total. The molecule has 0 amide bonds. The Bertz CT molecular complexity index is 406. The Kier molecular flexibility index (Phi) is 4.20. The minimum atomic E-state index is -0.572. The molecule has 0 radical (unpaired) electrons. The van der Waals surface area contributed by atoms with E-state index in [1.807, 2.05) is 13.8 Å². The molecular weight excluding hydrogens is 222 g/mol. The molecule has 0 aliphatic heterocycles. The van der Waals surface area contributed by atoms with E-state index >= 15 is 0 Å². The average molecular weight is 237 g/mol. The quantitative estimate of drug-likeness (QED) is 0.750. The molecule has 1 rings (SSSR count). The molecule has 1 aromatic rings. The van der Waals surface area contributed by atoms with Gasteiger partial charge in [-0.15, -0.1) is 0 Å². The standard InChI is InChI=1S/C12H15NO4/c1-7(2)8-5-9(11(14)16-3)13-10(6-8)12(15)17-4/h5-7H,1-4H3. The summed E-state index contributed by atoms with van der Waals surface area (Å²) < 4.78 is 9.17. The third kappa shape index (κ3) is 3.03. The first-order valence-corrected chi connectivity index (χ1v) is 5.18. The molecular formula is C12H15NO4. The molecule has 0 unspecified atom stereocenters. The number of ether oxygens (including phenoxy) is 2. The second-order valence-corrected chi connectivity index (χ2v) is 3.81. The summed E-state index contributed by atoms with van der Waals surface area (Å²) in [5.74, 6) is -0.972. The number of carbonyl (C=O) groups excluding carboxylic acids is 2. The van der Waals surface area contributed by atoms with Crippen LogP contribution in [0, 0.1) is 0 Å². The third-order valence-electron chi connectivity index (χ3n) is 2.30. The number of rotatable bonds is 3. The number of hydrogen-bond acceptors (Lipinski definition) is 5. The minimum Gasteiger partial charge on any atom is -0.464 e. The van der Waals surface area contributed by atoms with Crippen LogP contribution in [-0.4, -0.2) is 31.1 Å². The summed E-state index contributed by atoms with van der Waals surface area (Å²) in [5, 5.41) is 0. The highest BCUT2D eigenvalue weighted by Crippen LogP contribution is 2.17. The van der Waals surface area contributed by atoms with Crippen molar-refractivity contribution in [2.75, 3.05) is 14.2 Å². The largest absolute Gasteiger partial charge is 0.464 e. The first-order chi connectivity index (χ1) is 7.99. The van der Waals surface area contributed by atoms with Gasteiger partial charge >= 0.3 is 11.9 Å². The Morgan fingerprint density at radius 1 is 1.06 bits per heavy atom. The molecule has 0 aliphatic carbocycles. The highest BCUT2D eigenvalue weighted by atomic mass is 16.5. The van der Waals surface area contributed by atoms with Crippen molar-refractivity contribution in [1.82, 2.24) is 4.98 Å². The van der Waals surface area contributed by atoms with Gasteiger partial charge in [0.2, 0.25) is 0 Å². The van der Waals surface area contributed by atoms with E-state index in [1.54, 1.807) is 12.1 Å². The molecule has 0 aliphatic rings. The number of esters is 2. The van der Waals surface area contributed by atoms with E-state index < -0.39 is 11.9 Å². The fourth-order valence-electron chi connectivity index (χ4n) is 1.30. The van der Waals surface area contributed by atoms with Gasteiger partial charge < -0.3 is 9.47 Å². The van der Waals surface area contributed by atoms with E-state index in [0.717, 1.165) is 5.56 Å². The molecule has 0 bridgehead atoms. The topological polar surface area (TPSA) is 65.5 Å². The second-order valence-electron chi connectivity index (χ2n) is 3.81. The first kappa shape index (κ1) is 13.2. The van der Waals surface area contributed by atoms with E-state index in [1.165, 1.54) is 14.2 Å². The fraction of sp³-hybridized carbons (Fsp3) is 0.417. The van der Waals surface area contributed by atoms with Crippen LogP contribution in [0.1, 0.15) is 46.3 Å². The highest BCUT2D eigenvalue weighted by molar-refractivity contribution is 5.91. The number of carbonyl (C=O) groups is 2. The Balaban J connectivity index is 3.28. The second kappa shape index (κ2) is 5.43. The van der Waals surface area contributed by atoms with Crippen LogP contribution >= 0.6 is 0 Å². The maximum atomic E-state index is 11.4. The monoisotopic (exact) mass is 237 g/mol. The number of hydrogen-bond donors (Lipinski definition) is 0. The predicted molar refractivity (Wildman–Crippen MR) is 61.0 cm³/mol. The van der Waals surface area contributed by atoms with Crippen molar-refractivity contribution in [3.8, 4) is 0 Å². The van der Waals surface area contributed by atoms with Crippen molar-refractivity contribution in [2.45, 2.75) is 19.8 Å². The Labute approximate surface area is 99.8 Å². The summed E-state index contributed by atoms with van der Waals surface area (Å²) in [7, 11) is 2.54. The van der Waals surface area contributed by atoms with E-state index in [4.69, 9.17) is 0 Å². The lowest BCUT2D eigenvalue weighted by atomic mass is 10.0. The molecule has 5 nitrogen and oxygen atoms in total. The zero-order valence-electron chi connectivity index (χ0n) is 10.3. The van der Waals surface area contributed by atoms with E-state index in [2.05, 4.69) is 14.5 Å². The van der Waals surface area contributed by atoms with Crippen molar-refractivity contribution in [3.63, 3.8) is 0 Å². The zero-order valence-corrected chi connectivity index (χ0v) is 10.3. The third-order valence-corrected chi connectivity index (χ3v) is 2.30. The summed E-state index contributed by atoms with van der Waals surface area (Å²) in [6.45, 7) is 3.91. The maximum Gasteiger partial charge on any atom is 0.356 e. The van der Waals surface area contributed by atoms with Crippen molar-refractivity contribution >= 4 is 11.9 Å². The molecule has 0 aromatic carbocycles. The van der Waals surface area contributed by atoms with Gasteiger partial charge in [-0.3, -0.25) is 0 Å². The normalized spacial score (nSPS) is 10.2. The van der Waals surface area contributed by atoms with Gasteiger partial charge in [0.05, 0.1) is 14.2 Å². The summed E-state index contributed by atoms with van der Waals surface area (Å²) in [6, 6.07) is 3.23. The van der Waals surface area contributed by atoms with Crippen LogP contribution in [-0.2, 0) is 9.47 Å². The molecule has 0 saturated carbocycles. The molecule has 1 heterocycles. The van der Waals surface area contributed by atoms with Crippen LogP contribution in [0.5, 0.6) is 0 Å². The molecule has 0 spiro atoms. The predicted octanol–water partition coefficient (Wildman–Crippen LogP) is 1.78. The fourth-order valence-corrected chi connectivity index (χ4v) is 1.30. The maximum absolute atomic E-state index is 11.4. The van der Waals surface area contributed by atoms with Crippen LogP contribution in [0.2, 0.25) is 0 Å². The number of nitrogens with zero attached hydrogens (tertiary/aromatic N) is 1. The average Bonchev–Trinajstić information content (AvgIpc) is 2.36. The van der Waals surface area contributed by atoms with Gasteiger partial charge in [-0.05, 0) is 23.6 Å². The Hall–Kier alpha value is -1.91. The summed E-state index contributed by atoms with van der Waals surface area (Å²) in [4.78, 5) is 26.7. The van der Waals surface area contributed by atoms with Crippen LogP contribution < -0.4 is 0 Å². The van der Waals surface area contributed by atoms with Crippen molar-refractivity contribution < 1.29 is 19.1 Å². The van der Waals surface area contributed by atoms with Gasteiger partial charge in [-0.25, -0.2) is 14.6 Å². The number of methoxy groups -OCH3 is 2. The van der Waals surface area contributed by atoms with Crippen LogP contribution in [0.3, 0.4) is 0 Å². The van der Waals surface area contributed by atoms with Crippen molar-refractivity contribution in [1.29, 1.82) is 0 Å². The zero-order chi connectivity index (χ0) is 13.0. The van der Waals surface area contributed by atoms with Gasteiger partial charge in [-0.1, -0.05) is 13.8 Å². The lowest BCUT2D eigenvalue weighted by Gasteiger charge is -2.09. The van der Waals surface area contributed by atoms with Crippen molar-refractivity contribution in [3.05, 3.63) is 29.1 Å². The SMILES string of the molecule is COC(=O)c1cc(C(C)C)cc(C(=O)OC)n1. The van der Waals surface area contributed by atoms with Gasteiger partial charge in [0.25, 0.3) is 0 Å². The van der Waals surface area contributed by atoms with E-state index in [0.29, 0.717) is 0 Å². The molecule has 1 aromatic heterocycles. The highest BCUT2D eigenvalue weighted by Gasteiger charge is 2.16. The lowest BCUT2D eigenvalue weighted by Crippen LogP contribution is -2.12. The minimum absolute atomic E-state index is 0.110. The number of aromatic nitrogens is 1. The molecule has 0 saturated heterocycles. The molecule has 0 fully saturated rings. The van der Waals surface area contributed by atoms with Gasteiger partial charge in [0.1, 0.15) is 11.4 Å². The number of pyridine rings is 1. The van der Waals surface area contributed by atoms with Crippen LogP contribution in [0.25, 0.3) is 0 Å². The van der Waals surface area contributed by atoms with Crippen molar-refractivity contribution in [2.24, 2.45) is 0 Å². The molecule has 0 atom stereocenters. The summed E-state index contributed by atoms with van der Waals surface area (Å²) in [5.41, 5.74) is 1.05. The van der Waals surface area contributed by atoms with Crippen LogP contribution in [0.4, 0.5) is 0 Å². The summed E-state index contributed by atoms with van der Waals surface area (Å²) >= 11 is 0. The van der Waals surface area contributed by atoms with Gasteiger partial charge in [0, 0.05) is 0 Å². The molecule has 5 heteroatoms. The summed E-state index contributed by atoms with van der Waals surface area (Å²) in [6.07, 6.45) is 0. The smallest absolute Gasteiger partial charge is 0.356 e. The van der Waals surface area contributed by atoms with E-state index in [9.17, 15) is 9.59 Å². The van der Waals surface area contributed by atoms with Gasteiger partial charge in [0.15, 0.2) is 0 Å². The first-order valence-electron chi connectivity index (χ1n) is 5.18. The van der Waals surface area contributed by atoms with Crippen LogP contribution in [0.15, 0.2) is 12.1 Å². The lowest BCUT2D eigenvalue weighted by molar-refractivity contribution is 0.0585.